The monoisotopic (exact) mass is 275 g/mol. The normalized spacial score (nSPS) is 18.2. The Morgan fingerprint density at radius 3 is 2.65 bits per heavy atom. The fourth-order valence-corrected chi connectivity index (χ4v) is 4.05. The first-order chi connectivity index (χ1) is 8.05. The van der Waals surface area contributed by atoms with Crippen molar-refractivity contribution in [2.45, 2.75) is 45.1 Å². The van der Waals surface area contributed by atoms with E-state index >= 15 is 0 Å². The van der Waals surface area contributed by atoms with Crippen LogP contribution in [0.15, 0.2) is 5.38 Å². The molecule has 0 aliphatic heterocycles. The summed E-state index contributed by atoms with van der Waals surface area (Å²) in [7, 11) is -3.47. The van der Waals surface area contributed by atoms with Crippen LogP contribution in [-0.2, 0) is 10.2 Å². The molecule has 2 N–H and O–H groups in total. The first-order valence-corrected chi connectivity index (χ1v) is 8.14. The first-order valence-electron chi connectivity index (χ1n) is 5.77. The van der Waals surface area contributed by atoms with Crippen molar-refractivity contribution in [3.8, 4) is 0 Å². The molecular weight excluding hydrogens is 258 g/mol. The van der Waals surface area contributed by atoms with E-state index < -0.39 is 10.2 Å². The molecule has 5 nitrogen and oxygen atoms in total. The number of hydrogen-bond donors (Lipinski definition) is 2. The molecule has 0 aromatic carbocycles. The number of rotatable bonds is 4. The van der Waals surface area contributed by atoms with Crippen LogP contribution in [0.3, 0.4) is 0 Å². The number of thiazole rings is 1. The zero-order valence-corrected chi connectivity index (χ0v) is 11.4. The highest BCUT2D eigenvalue weighted by Crippen LogP contribution is 2.19. The second kappa shape index (κ2) is 5.32. The van der Waals surface area contributed by atoms with E-state index in [0.29, 0.717) is 5.13 Å². The van der Waals surface area contributed by atoms with Crippen molar-refractivity contribution in [1.29, 1.82) is 0 Å². The Labute approximate surface area is 106 Å². The van der Waals surface area contributed by atoms with Gasteiger partial charge in [0.2, 0.25) is 0 Å². The highest BCUT2D eigenvalue weighted by molar-refractivity contribution is 7.91. The van der Waals surface area contributed by atoms with Crippen LogP contribution in [-0.4, -0.2) is 19.4 Å². The Balaban J connectivity index is 1.94. The van der Waals surface area contributed by atoms with E-state index in [1.54, 1.807) is 0 Å². The maximum atomic E-state index is 11.8. The van der Waals surface area contributed by atoms with E-state index in [1.807, 2.05) is 12.3 Å². The lowest BCUT2D eigenvalue weighted by molar-refractivity contribution is 0.413. The third kappa shape index (κ3) is 3.93. The third-order valence-corrected chi connectivity index (χ3v) is 4.88. The van der Waals surface area contributed by atoms with E-state index in [1.165, 1.54) is 17.8 Å². The highest BCUT2D eigenvalue weighted by atomic mass is 32.2. The number of nitrogens with one attached hydrogen (secondary N) is 2. The molecule has 0 radical (unpaired) electrons. The molecule has 0 saturated heterocycles. The molecule has 1 aliphatic carbocycles. The molecule has 1 aliphatic rings. The van der Waals surface area contributed by atoms with Gasteiger partial charge in [0.05, 0.1) is 5.69 Å². The first kappa shape index (κ1) is 12.8. The number of aryl methyl sites for hydroxylation is 1. The molecule has 1 aromatic rings. The fourth-order valence-electron chi connectivity index (χ4n) is 1.99. The Morgan fingerprint density at radius 2 is 2.06 bits per heavy atom. The summed E-state index contributed by atoms with van der Waals surface area (Å²) in [5, 5.41) is 2.24. The second-order valence-electron chi connectivity index (χ2n) is 4.35. The smallest absolute Gasteiger partial charge is 0.246 e. The average Bonchev–Trinajstić information content (AvgIpc) is 2.63. The summed E-state index contributed by atoms with van der Waals surface area (Å²) in [6, 6.07) is 0.0716. The van der Waals surface area contributed by atoms with Gasteiger partial charge in [-0.1, -0.05) is 19.3 Å². The second-order valence-corrected chi connectivity index (χ2v) is 6.66. The number of nitrogens with zero attached hydrogens (tertiary/aromatic N) is 1. The van der Waals surface area contributed by atoms with Crippen LogP contribution in [0, 0.1) is 6.92 Å². The topological polar surface area (TPSA) is 71.1 Å². The lowest BCUT2D eigenvalue weighted by Gasteiger charge is -2.22. The Kier molecular flexibility index (Phi) is 4.01. The molecule has 0 spiro atoms. The predicted molar refractivity (Wildman–Crippen MR) is 69.4 cm³/mol. The summed E-state index contributed by atoms with van der Waals surface area (Å²) in [5.74, 6) is 0. The van der Waals surface area contributed by atoms with Gasteiger partial charge in [0.25, 0.3) is 0 Å². The van der Waals surface area contributed by atoms with Crippen LogP contribution in [0.1, 0.15) is 37.8 Å². The lowest BCUT2D eigenvalue weighted by Crippen LogP contribution is -2.39. The Hall–Kier alpha value is -0.660. The van der Waals surface area contributed by atoms with Crippen LogP contribution in [0.25, 0.3) is 0 Å². The molecule has 0 unspecified atom stereocenters. The zero-order valence-electron chi connectivity index (χ0n) is 9.77. The number of hydrogen-bond acceptors (Lipinski definition) is 4. The van der Waals surface area contributed by atoms with Crippen molar-refractivity contribution in [3.05, 3.63) is 11.1 Å². The van der Waals surface area contributed by atoms with Crippen LogP contribution in [0.4, 0.5) is 5.13 Å². The van der Waals surface area contributed by atoms with Gasteiger partial charge in [-0.15, -0.1) is 11.3 Å². The molecule has 0 amide bonds. The molecular formula is C10H17N3O2S2. The lowest BCUT2D eigenvalue weighted by atomic mass is 9.96. The summed E-state index contributed by atoms with van der Waals surface area (Å²) < 4.78 is 28.8. The molecule has 0 bridgehead atoms. The molecule has 1 heterocycles. The maximum absolute atomic E-state index is 11.8. The minimum Gasteiger partial charge on any atom is -0.246 e. The predicted octanol–water partition coefficient (Wildman–Crippen LogP) is 2.03. The van der Waals surface area contributed by atoms with Gasteiger partial charge in [0, 0.05) is 11.4 Å². The summed E-state index contributed by atoms with van der Waals surface area (Å²) >= 11 is 1.30. The van der Waals surface area contributed by atoms with Crippen LogP contribution < -0.4 is 9.44 Å². The minimum absolute atomic E-state index is 0.0716. The standard InChI is InChI=1S/C10H17N3O2S2/c1-8-7-16-10(11-8)13-17(14,15)12-9-5-3-2-4-6-9/h7,9,12H,2-6H2,1H3,(H,11,13). The minimum atomic E-state index is -3.47. The van der Waals surface area contributed by atoms with E-state index in [9.17, 15) is 8.42 Å². The van der Waals surface area contributed by atoms with Crippen molar-refractivity contribution >= 4 is 26.7 Å². The molecule has 96 valence electrons. The molecule has 7 heteroatoms. The van der Waals surface area contributed by atoms with E-state index in [-0.39, 0.29) is 6.04 Å². The average molecular weight is 275 g/mol. The molecule has 1 fully saturated rings. The SMILES string of the molecule is Cc1csc(NS(=O)(=O)NC2CCCCC2)n1. The van der Waals surface area contributed by atoms with Gasteiger partial charge in [-0.3, -0.25) is 0 Å². The molecule has 2 rings (SSSR count). The van der Waals surface area contributed by atoms with E-state index in [4.69, 9.17) is 0 Å². The Morgan fingerprint density at radius 1 is 1.35 bits per heavy atom. The van der Waals surface area contributed by atoms with Crippen molar-refractivity contribution < 1.29 is 8.42 Å². The van der Waals surface area contributed by atoms with Crippen LogP contribution >= 0.6 is 11.3 Å². The van der Waals surface area contributed by atoms with Gasteiger partial charge in [-0.25, -0.2) is 9.71 Å². The largest absolute Gasteiger partial charge is 0.301 e. The van der Waals surface area contributed by atoms with E-state index in [0.717, 1.165) is 31.4 Å². The maximum Gasteiger partial charge on any atom is 0.301 e. The zero-order chi connectivity index (χ0) is 12.3. The van der Waals surface area contributed by atoms with Gasteiger partial charge in [-0.2, -0.15) is 13.1 Å². The van der Waals surface area contributed by atoms with Gasteiger partial charge >= 0.3 is 10.2 Å². The van der Waals surface area contributed by atoms with Crippen LogP contribution in [0.2, 0.25) is 0 Å². The van der Waals surface area contributed by atoms with Gasteiger partial charge in [-0.05, 0) is 19.8 Å². The Bertz CT molecular complexity index is 464. The fraction of sp³-hybridized carbons (Fsp3) is 0.700. The van der Waals surface area contributed by atoms with Crippen molar-refractivity contribution in [2.75, 3.05) is 4.72 Å². The summed E-state index contributed by atoms with van der Waals surface area (Å²) in [6.45, 7) is 1.84. The summed E-state index contributed by atoms with van der Waals surface area (Å²) in [4.78, 5) is 4.08. The quantitative estimate of drug-likeness (QED) is 0.883. The van der Waals surface area contributed by atoms with Gasteiger partial charge in [0.1, 0.15) is 0 Å². The number of aromatic nitrogens is 1. The van der Waals surface area contributed by atoms with Crippen molar-refractivity contribution in [2.24, 2.45) is 0 Å². The molecule has 0 atom stereocenters. The van der Waals surface area contributed by atoms with Crippen LogP contribution in [0.5, 0.6) is 0 Å². The molecule has 1 saturated carbocycles. The van der Waals surface area contributed by atoms with Crippen molar-refractivity contribution in [1.82, 2.24) is 9.71 Å². The third-order valence-electron chi connectivity index (χ3n) is 2.77. The van der Waals surface area contributed by atoms with Crippen molar-refractivity contribution in [3.63, 3.8) is 0 Å². The molecule has 17 heavy (non-hydrogen) atoms. The summed E-state index contributed by atoms with van der Waals surface area (Å²) in [5.41, 5.74) is 0.824. The summed E-state index contributed by atoms with van der Waals surface area (Å²) in [6.07, 6.45) is 5.26. The van der Waals surface area contributed by atoms with Gasteiger partial charge in [0.15, 0.2) is 5.13 Å². The highest BCUT2D eigenvalue weighted by Gasteiger charge is 2.20. The van der Waals surface area contributed by atoms with Gasteiger partial charge < -0.3 is 0 Å². The molecule has 1 aromatic heterocycles. The van der Waals surface area contributed by atoms with E-state index in [2.05, 4.69) is 14.4 Å². The number of anilines is 1.